The molecule has 0 fully saturated rings. The molecule has 0 amide bonds. The van der Waals surface area contributed by atoms with Crippen molar-refractivity contribution in [2.75, 3.05) is 7.11 Å². The molecule has 2 aromatic carbocycles. The third-order valence-corrected chi connectivity index (χ3v) is 4.78. The van der Waals surface area contributed by atoms with Gasteiger partial charge >= 0.3 is 10.1 Å². The van der Waals surface area contributed by atoms with E-state index in [4.69, 9.17) is 14.2 Å². The normalized spacial score (nSPS) is 10.8. The molecule has 5 nitrogen and oxygen atoms in total. The summed E-state index contributed by atoms with van der Waals surface area (Å²) in [7, 11) is -2.64. The Bertz CT molecular complexity index is 856. The average Bonchev–Trinajstić information content (AvgIpc) is 2.49. The summed E-state index contributed by atoms with van der Waals surface area (Å²) in [5.41, 5.74) is 0.913. The van der Waals surface area contributed by atoms with Crippen LogP contribution in [-0.2, 0) is 10.1 Å². The van der Waals surface area contributed by atoms with Crippen LogP contribution in [0.5, 0.6) is 11.5 Å². The number of methoxy groups -OCH3 is 1. The topological polar surface area (TPSA) is 76.4 Å². The second kappa shape index (κ2) is 6.38. The summed E-state index contributed by atoms with van der Waals surface area (Å²) >= 11 is 3.24. The number of benzene rings is 2. The van der Waals surface area contributed by atoms with Gasteiger partial charge in [-0.3, -0.25) is 0 Å². The van der Waals surface area contributed by atoms with Gasteiger partial charge in [0.15, 0.2) is 11.5 Å². The smallest absolute Gasteiger partial charge is 0.339 e. The second-order valence-electron chi connectivity index (χ2n) is 4.42. The first-order valence-electron chi connectivity index (χ1n) is 6.16. The summed E-state index contributed by atoms with van der Waals surface area (Å²) in [5.74, 6) is 0.205. The first kappa shape index (κ1) is 16.3. The van der Waals surface area contributed by atoms with Crippen molar-refractivity contribution in [3.63, 3.8) is 0 Å². The number of ether oxygens (including phenoxy) is 1. The summed E-state index contributed by atoms with van der Waals surface area (Å²) in [6, 6.07) is 11.1. The van der Waals surface area contributed by atoms with Crippen molar-refractivity contribution in [3.05, 3.63) is 52.0 Å². The molecule has 0 saturated carbocycles. The number of hydrogen-bond donors (Lipinski definition) is 0. The van der Waals surface area contributed by atoms with Gasteiger partial charge in [-0.15, -0.1) is 0 Å². The predicted octanol–water partition coefficient (Wildman–Crippen LogP) is 3.41. The largest absolute Gasteiger partial charge is 0.493 e. The van der Waals surface area contributed by atoms with Crippen molar-refractivity contribution in [2.24, 2.45) is 0 Å². The summed E-state index contributed by atoms with van der Waals surface area (Å²) in [6.45, 7) is 1.68. The average molecular weight is 382 g/mol. The van der Waals surface area contributed by atoms with Gasteiger partial charge in [-0.1, -0.05) is 22.0 Å². The highest BCUT2D eigenvalue weighted by Gasteiger charge is 2.21. The fraction of sp³-hybridized carbons (Fsp3) is 0.133. The van der Waals surface area contributed by atoms with Crippen LogP contribution in [0.3, 0.4) is 0 Å². The first-order chi connectivity index (χ1) is 10.4. The summed E-state index contributed by atoms with van der Waals surface area (Å²) in [5, 5.41) is 8.86. The van der Waals surface area contributed by atoms with Crippen LogP contribution in [0.25, 0.3) is 0 Å². The van der Waals surface area contributed by atoms with Gasteiger partial charge in [0, 0.05) is 10.5 Å². The lowest BCUT2D eigenvalue weighted by atomic mass is 10.2. The molecule has 22 heavy (non-hydrogen) atoms. The maximum absolute atomic E-state index is 12.4. The van der Waals surface area contributed by atoms with E-state index in [0.29, 0.717) is 15.6 Å². The van der Waals surface area contributed by atoms with Crippen molar-refractivity contribution in [1.82, 2.24) is 0 Å². The molecule has 0 unspecified atom stereocenters. The van der Waals surface area contributed by atoms with Crippen LogP contribution >= 0.6 is 15.9 Å². The minimum atomic E-state index is -4.01. The van der Waals surface area contributed by atoms with E-state index in [1.807, 2.05) is 6.07 Å². The molecular weight excluding hydrogens is 370 g/mol. The summed E-state index contributed by atoms with van der Waals surface area (Å²) < 4.78 is 35.7. The fourth-order valence-corrected chi connectivity index (χ4v) is 3.52. The molecule has 0 aliphatic carbocycles. The van der Waals surface area contributed by atoms with Crippen LogP contribution in [-0.4, -0.2) is 15.5 Å². The van der Waals surface area contributed by atoms with E-state index in [-0.39, 0.29) is 16.4 Å². The van der Waals surface area contributed by atoms with E-state index < -0.39 is 10.1 Å². The van der Waals surface area contributed by atoms with Gasteiger partial charge in [0.2, 0.25) is 0 Å². The summed E-state index contributed by atoms with van der Waals surface area (Å²) in [4.78, 5) is 0.0632. The van der Waals surface area contributed by atoms with Crippen molar-refractivity contribution in [2.45, 2.75) is 11.8 Å². The monoisotopic (exact) mass is 381 g/mol. The van der Waals surface area contributed by atoms with Crippen molar-refractivity contribution >= 4 is 26.0 Å². The van der Waals surface area contributed by atoms with Crippen LogP contribution < -0.4 is 8.92 Å². The highest BCUT2D eigenvalue weighted by molar-refractivity contribution is 9.10. The Morgan fingerprint density at radius 2 is 1.86 bits per heavy atom. The SMILES string of the molecule is COc1cc(C#N)ccc1OS(=O)(=O)c1cc(Br)ccc1C. The Balaban J connectivity index is 2.45. The number of rotatable bonds is 4. The van der Waals surface area contributed by atoms with E-state index in [1.54, 1.807) is 19.1 Å². The molecule has 2 aromatic rings. The van der Waals surface area contributed by atoms with E-state index in [2.05, 4.69) is 15.9 Å². The molecule has 0 aromatic heterocycles. The zero-order valence-corrected chi connectivity index (χ0v) is 14.2. The molecule has 0 aliphatic heterocycles. The molecule has 114 valence electrons. The van der Waals surface area contributed by atoms with E-state index in [9.17, 15) is 8.42 Å². The molecule has 0 heterocycles. The molecular formula is C15H12BrNO4S. The Labute approximate surface area is 137 Å². The van der Waals surface area contributed by atoms with Gasteiger partial charge in [0.1, 0.15) is 4.90 Å². The van der Waals surface area contributed by atoms with Crippen LogP contribution in [0, 0.1) is 18.3 Å². The molecule has 0 aliphatic rings. The lowest BCUT2D eigenvalue weighted by Crippen LogP contribution is -2.12. The first-order valence-corrected chi connectivity index (χ1v) is 8.36. The van der Waals surface area contributed by atoms with Crippen molar-refractivity contribution in [1.29, 1.82) is 5.26 Å². The van der Waals surface area contributed by atoms with Gasteiger partial charge in [0.05, 0.1) is 18.7 Å². The van der Waals surface area contributed by atoms with Crippen LogP contribution in [0.2, 0.25) is 0 Å². The number of aryl methyl sites for hydroxylation is 1. The lowest BCUT2D eigenvalue weighted by molar-refractivity contribution is 0.390. The molecule has 0 atom stereocenters. The molecule has 7 heteroatoms. The standard InChI is InChI=1S/C15H12BrNO4S/c1-10-3-5-12(16)8-15(10)22(18,19)21-13-6-4-11(9-17)7-14(13)20-2/h3-8H,1-2H3. The molecule has 2 rings (SSSR count). The quantitative estimate of drug-likeness (QED) is 0.758. The second-order valence-corrected chi connectivity index (χ2v) is 6.86. The number of halogens is 1. The van der Waals surface area contributed by atoms with E-state index >= 15 is 0 Å². The zero-order valence-electron chi connectivity index (χ0n) is 11.8. The minimum absolute atomic E-state index is 0.0286. The number of hydrogen-bond acceptors (Lipinski definition) is 5. The van der Waals surface area contributed by atoms with E-state index in [1.165, 1.54) is 31.4 Å². The highest BCUT2D eigenvalue weighted by Crippen LogP contribution is 2.31. The minimum Gasteiger partial charge on any atom is -0.493 e. The van der Waals surface area contributed by atoms with Gasteiger partial charge in [-0.25, -0.2) is 0 Å². The Morgan fingerprint density at radius 3 is 2.50 bits per heavy atom. The third kappa shape index (κ3) is 3.40. The highest BCUT2D eigenvalue weighted by atomic mass is 79.9. The third-order valence-electron chi connectivity index (χ3n) is 2.91. The molecule has 0 saturated heterocycles. The maximum Gasteiger partial charge on any atom is 0.339 e. The molecule has 0 N–H and O–H groups in total. The maximum atomic E-state index is 12.4. The zero-order chi connectivity index (χ0) is 16.3. The van der Waals surface area contributed by atoms with Gasteiger partial charge in [-0.05, 0) is 36.8 Å². The van der Waals surface area contributed by atoms with Crippen LogP contribution in [0.4, 0.5) is 0 Å². The molecule has 0 radical (unpaired) electrons. The Hall–Kier alpha value is -2.04. The van der Waals surface area contributed by atoms with Crippen LogP contribution in [0.1, 0.15) is 11.1 Å². The fourth-order valence-electron chi connectivity index (χ4n) is 1.81. The molecule has 0 bridgehead atoms. The van der Waals surface area contributed by atoms with Crippen molar-refractivity contribution < 1.29 is 17.3 Å². The predicted molar refractivity (Wildman–Crippen MR) is 84.4 cm³/mol. The van der Waals surface area contributed by atoms with Gasteiger partial charge in [0.25, 0.3) is 0 Å². The summed E-state index contributed by atoms with van der Waals surface area (Å²) in [6.07, 6.45) is 0. The van der Waals surface area contributed by atoms with Crippen molar-refractivity contribution in [3.8, 4) is 17.6 Å². The molecule has 0 spiro atoms. The Kier molecular flexibility index (Phi) is 4.74. The van der Waals surface area contributed by atoms with Crippen LogP contribution in [0.15, 0.2) is 45.8 Å². The van der Waals surface area contributed by atoms with Gasteiger partial charge in [-0.2, -0.15) is 13.7 Å². The van der Waals surface area contributed by atoms with Gasteiger partial charge < -0.3 is 8.92 Å². The number of nitriles is 1. The number of nitrogens with zero attached hydrogens (tertiary/aromatic N) is 1. The Morgan fingerprint density at radius 1 is 1.14 bits per heavy atom. The lowest BCUT2D eigenvalue weighted by Gasteiger charge is -2.12. The van der Waals surface area contributed by atoms with E-state index in [0.717, 1.165) is 0 Å².